The van der Waals surface area contributed by atoms with E-state index in [0.717, 1.165) is 6.42 Å². The van der Waals surface area contributed by atoms with Crippen molar-refractivity contribution in [2.24, 2.45) is 11.7 Å². The van der Waals surface area contributed by atoms with E-state index >= 15 is 0 Å². The molecule has 1 saturated heterocycles. The van der Waals surface area contributed by atoms with Gasteiger partial charge in [0.1, 0.15) is 5.82 Å². The van der Waals surface area contributed by atoms with Crippen LogP contribution in [0.3, 0.4) is 0 Å². The summed E-state index contributed by atoms with van der Waals surface area (Å²) in [5.74, 6) is -0.556. The Bertz CT molecular complexity index is 795. The molecule has 1 heterocycles. The third-order valence-electron chi connectivity index (χ3n) is 4.76. The number of halogens is 2. The molecule has 1 amide bonds. The van der Waals surface area contributed by atoms with Gasteiger partial charge in [-0.2, -0.15) is 0 Å². The smallest absolute Gasteiger partial charge is 0.254 e. The Morgan fingerprint density at radius 2 is 1.73 bits per heavy atom. The molecular formula is C20H22ClFN2O2. The molecule has 2 atom stereocenters. The Labute approximate surface area is 158 Å². The van der Waals surface area contributed by atoms with E-state index in [1.807, 2.05) is 6.92 Å². The van der Waals surface area contributed by atoms with Gasteiger partial charge in [0.05, 0.1) is 5.56 Å². The van der Waals surface area contributed by atoms with Crippen LogP contribution in [0.2, 0.25) is 0 Å². The number of benzene rings is 2. The fraction of sp³-hybridized carbons (Fsp3) is 0.300. The van der Waals surface area contributed by atoms with E-state index in [0.29, 0.717) is 35.7 Å². The Morgan fingerprint density at radius 1 is 1.12 bits per heavy atom. The van der Waals surface area contributed by atoms with E-state index in [1.54, 1.807) is 29.2 Å². The molecule has 0 saturated carbocycles. The predicted molar refractivity (Wildman–Crippen MR) is 101 cm³/mol. The maximum atomic E-state index is 13.1. The molecule has 0 aliphatic carbocycles. The van der Waals surface area contributed by atoms with Crippen molar-refractivity contribution in [2.75, 3.05) is 13.1 Å². The van der Waals surface area contributed by atoms with Crippen molar-refractivity contribution in [3.8, 4) is 0 Å². The summed E-state index contributed by atoms with van der Waals surface area (Å²) in [4.78, 5) is 27.6. The third kappa shape index (κ3) is 3.94. The second-order valence-corrected chi connectivity index (χ2v) is 6.53. The average molecular weight is 377 g/mol. The number of carbonyl (C=O) groups is 2. The van der Waals surface area contributed by atoms with Gasteiger partial charge in [-0.05, 0) is 56.1 Å². The van der Waals surface area contributed by atoms with Crippen molar-refractivity contribution in [3.63, 3.8) is 0 Å². The van der Waals surface area contributed by atoms with Gasteiger partial charge in [0.2, 0.25) is 0 Å². The molecule has 0 aromatic heterocycles. The molecule has 138 valence electrons. The second kappa shape index (κ2) is 8.43. The summed E-state index contributed by atoms with van der Waals surface area (Å²) in [7, 11) is 0. The van der Waals surface area contributed by atoms with Crippen LogP contribution in [0.15, 0.2) is 48.5 Å². The molecule has 2 N–H and O–H groups in total. The normalized spacial score (nSPS) is 19.1. The fourth-order valence-corrected chi connectivity index (χ4v) is 3.38. The van der Waals surface area contributed by atoms with Gasteiger partial charge in [-0.25, -0.2) is 4.39 Å². The van der Waals surface area contributed by atoms with Crippen molar-refractivity contribution in [2.45, 2.75) is 19.4 Å². The van der Waals surface area contributed by atoms with Crippen LogP contribution in [0.5, 0.6) is 0 Å². The Balaban J connectivity index is 0.00000243. The fourth-order valence-electron chi connectivity index (χ4n) is 3.38. The van der Waals surface area contributed by atoms with Crippen molar-refractivity contribution in [1.82, 2.24) is 4.90 Å². The maximum absolute atomic E-state index is 13.1. The number of nitrogens with two attached hydrogens (primary N) is 1. The number of hydrogen-bond acceptors (Lipinski definition) is 3. The molecule has 1 aliphatic rings. The number of rotatable bonds is 4. The lowest BCUT2D eigenvalue weighted by atomic mass is 9.97. The molecule has 1 fully saturated rings. The largest absolute Gasteiger partial charge is 0.336 e. The number of ketones is 1. The molecular weight excluding hydrogens is 355 g/mol. The number of hydrogen-bond donors (Lipinski definition) is 1. The summed E-state index contributed by atoms with van der Waals surface area (Å²) < 4.78 is 13.1. The van der Waals surface area contributed by atoms with Crippen molar-refractivity contribution >= 4 is 24.1 Å². The highest BCUT2D eigenvalue weighted by atomic mass is 35.5. The van der Waals surface area contributed by atoms with E-state index < -0.39 is 5.82 Å². The van der Waals surface area contributed by atoms with Gasteiger partial charge in [-0.15, -0.1) is 12.4 Å². The Kier molecular flexibility index (Phi) is 6.51. The first-order valence-electron chi connectivity index (χ1n) is 8.41. The second-order valence-electron chi connectivity index (χ2n) is 6.53. The first-order chi connectivity index (χ1) is 12.0. The summed E-state index contributed by atoms with van der Waals surface area (Å²) in [6.45, 7) is 3.15. The van der Waals surface area contributed by atoms with Gasteiger partial charge in [-0.1, -0.05) is 18.2 Å². The molecule has 2 unspecified atom stereocenters. The number of nitrogens with zero attached hydrogens (tertiary/aromatic N) is 1. The molecule has 6 heteroatoms. The lowest BCUT2D eigenvalue weighted by Crippen LogP contribution is -2.35. The predicted octanol–water partition coefficient (Wildman–Crippen LogP) is 3.29. The van der Waals surface area contributed by atoms with Crippen LogP contribution in [-0.4, -0.2) is 35.7 Å². The van der Waals surface area contributed by atoms with Gasteiger partial charge >= 0.3 is 0 Å². The first-order valence-corrected chi connectivity index (χ1v) is 8.41. The summed E-state index contributed by atoms with van der Waals surface area (Å²) >= 11 is 0. The van der Waals surface area contributed by atoms with Crippen molar-refractivity contribution in [3.05, 3.63) is 71.0 Å². The number of amides is 1. The molecule has 26 heavy (non-hydrogen) atoms. The van der Waals surface area contributed by atoms with Crippen LogP contribution >= 0.6 is 12.4 Å². The Morgan fingerprint density at radius 3 is 2.31 bits per heavy atom. The minimum Gasteiger partial charge on any atom is -0.336 e. The molecule has 4 nitrogen and oxygen atoms in total. The van der Waals surface area contributed by atoms with Crippen molar-refractivity contribution in [1.29, 1.82) is 0 Å². The zero-order valence-corrected chi connectivity index (χ0v) is 15.3. The molecule has 0 spiro atoms. The first kappa shape index (κ1) is 20.1. The van der Waals surface area contributed by atoms with Gasteiger partial charge in [-0.3, -0.25) is 9.59 Å². The van der Waals surface area contributed by atoms with E-state index in [1.165, 1.54) is 24.3 Å². The van der Waals surface area contributed by atoms with Crippen LogP contribution in [-0.2, 0) is 0 Å². The van der Waals surface area contributed by atoms with E-state index in [-0.39, 0.29) is 30.1 Å². The quantitative estimate of drug-likeness (QED) is 0.833. The summed E-state index contributed by atoms with van der Waals surface area (Å²) in [6.07, 6.45) is 0.871. The monoisotopic (exact) mass is 376 g/mol. The third-order valence-corrected chi connectivity index (χ3v) is 4.76. The highest BCUT2D eigenvalue weighted by Crippen LogP contribution is 2.26. The van der Waals surface area contributed by atoms with Crippen molar-refractivity contribution < 1.29 is 14.0 Å². The zero-order chi connectivity index (χ0) is 18.0. The minimum absolute atomic E-state index is 0. The van der Waals surface area contributed by atoms with Crippen LogP contribution < -0.4 is 5.73 Å². The molecule has 2 aromatic carbocycles. The average Bonchev–Trinajstić information content (AvgIpc) is 3.02. The van der Waals surface area contributed by atoms with Gasteiger partial charge in [0.25, 0.3) is 5.91 Å². The summed E-state index contributed by atoms with van der Waals surface area (Å²) in [5.41, 5.74) is 6.81. The van der Waals surface area contributed by atoms with E-state index in [4.69, 9.17) is 5.73 Å². The molecule has 1 aliphatic heterocycles. The van der Waals surface area contributed by atoms with Crippen LogP contribution in [0.25, 0.3) is 0 Å². The zero-order valence-electron chi connectivity index (χ0n) is 14.5. The lowest BCUT2D eigenvalue weighted by Gasteiger charge is -2.22. The SMILES string of the molecule is CC1CC(CN)CN1C(=O)c1ccccc1C(=O)c1ccc(F)cc1.Cl. The van der Waals surface area contributed by atoms with Crippen LogP contribution in [0.1, 0.15) is 39.6 Å². The molecule has 3 rings (SSSR count). The molecule has 0 radical (unpaired) electrons. The van der Waals surface area contributed by atoms with E-state index in [2.05, 4.69) is 0 Å². The van der Waals surface area contributed by atoms with Crippen LogP contribution in [0, 0.1) is 11.7 Å². The highest BCUT2D eigenvalue weighted by molar-refractivity contribution is 6.15. The molecule has 2 aromatic rings. The minimum atomic E-state index is -0.403. The van der Waals surface area contributed by atoms with Crippen LogP contribution in [0.4, 0.5) is 4.39 Å². The van der Waals surface area contributed by atoms with Gasteiger partial charge in [0.15, 0.2) is 5.78 Å². The number of carbonyl (C=O) groups excluding carboxylic acids is 2. The topological polar surface area (TPSA) is 63.4 Å². The van der Waals surface area contributed by atoms with Gasteiger partial charge < -0.3 is 10.6 Å². The number of likely N-dealkylation sites (tertiary alicyclic amines) is 1. The Hall–Kier alpha value is -2.24. The summed E-state index contributed by atoms with van der Waals surface area (Å²) in [5, 5.41) is 0. The van der Waals surface area contributed by atoms with E-state index in [9.17, 15) is 14.0 Å². The highest BCUT2D eigenvalue weighted by Gasteiger charge is 2.33. The van der Waals surface area contributed by atoms with Gasteiger partial charge in [0, 0.05) is 23.7 Å². The maximum Gasteiger partial charge on any atom is 0.254 e. The summed E-state index contributed by atoms with van der Waals surface area (Å²) in [6, 6.07) is 12.2. The standard InChI is InChI=1S/C20H21FN2O2.ClH/c1-13-10-14(11-22)12-23(13)20(25)18-5-3-2-4-17(18)19(24)15-6-8-16(21)9-7-15;/h2-9,13-14H,10-12,22H2,1H3;1H. The molecule has 0 bridgehead atoms. The lowest BCUT2D eigenvalue weighted by molar-refractivity contribution is 0.0739.